The van der Waals surface area contributed by atoms with Crippen LogP contribution in [0.1, 0.15) is 6.42 Å². The van der Waals surface area contributed by atoms with Gasteiger partial charge in [-0.15, -0.1) is 0 Å². The Kier molecular flexibility index (Phi) is 6.07. The van der Waals surface area contributed by atoms with Crippen LogP contribution < -0.4 is 10.2 Å². The summed E-state index contributed by atoms with van der Waals surface area (Å²) in [6.07, 6.45) is 4.67. The smallest absolute Gasteiger partial charge is 0.224 e. The van der Waals surface area contributed by atoms with Crippen molar-refractivity contribution in [1.82, 2.24) is 9.97 Å². The van der Waals surface area contributed by atoms with Gasteiger partial charge in [0, 0.05) is 20.3 Å². The molecular formula is C11H20N4OS. The molecule has 1 unspecified atom stereocenters. The maximum Gasteiger partial charge on any atom is 0.224 e. The van der Waals surface area contributed by atoms with Gasteiger partial charge in [-0.1, -0.05) is 0 Å². The molecule has 1 aromatic rings. The van der Waals surface area contributed by atoms with Crippen LogP contribution >= 0.6 is 11.8 Å². The lowest BCUT2D eigenvalue weighted by Gasteiger charge is -2.17. The van der Waals surface area contributed by atoms with E-state index in [-0.39, 0.29) is 12.6 Å². The van der Waals surface area contributed by atoms with E-state index in [0.717, 1.165) is 18.0 Å². The summed E-state index contributed by atoms with van der Waals surface area (Å²) in [5.41, 5.74) is 0. The van der Waals surface area contributed by atoms with Gasteiger partial charge < -0.3 is 15.3 Å². The molecule has 6 heteroatoms. The van der Waals surface area contributed by atoms with Crippen molar-refractivity contribution in [3.05, 3.63) is 12.3 Å². The first kappa shape index (κ1) is 14.1. The number of anilines is 2. The van der Waals surface area contributed by atoms with Crippen LogP contribution in [0.3, 0.4) is 0 Å². The molecule has 0 amide bonds. The monoisotopic (exact) mass is 256 g/mol. The second-order valence-electron chi connectivity index (χ2n) is 3.94. The summed E-state index contributed by atoms with van der Waals surface area (Å²) in [6, 6.07) is 1.86. The summed E-state index contributed by atoms with van der Waals surface area (Å²) in [7, 11) is 3.87. The van der Waals surface area contributed by atoms with Crippen LogP contribution in [0.4, 0.5) is 11.8 Å². The molecular weight excluding hydrogens is 236 g/mol. The van der Waals surface area contributed by atoms with Crippen LogP contribution in [0.25, 0.3) is 0 Å². The zero-order chi connectivity index (χ0) is 12.7. The van der Waals surface area contributed by atoms with Crippen LogP contribution in [0, 0.1) is 0 Å². The topological polar surface area (TPSA) is 61.3 Å². The quantitative estimate of drug-likeness (QED) is 0.761. The molecule has 0 fully saturated rings. The minimum atomic E-state index is 0.0138. The number of rotatable bonds is 7. The summed E-state index contributed by atoms with van der Waals surface area (Å²) < 4.78 is 0. The lowest BCUT2D eigenvalue weighted by Crippen LogP contribution is -2.26. The fourth-order valence-corrected chi connectivity index (χ4v) is 1.84. The zero-order valence-electron chi connectivity index (χ0n) is 10.6. The molecule has 0 saturated heterocycles. The van der Waals surface area contributed by atoms with E-state index < -0.39 is 0 Å². The highest BCUT2D eigenvalue weighted by atomic mass is 32.2. The molecule has 0 spiro atoms. The molecule has 1 aromatic heterocycles. The third kappa shape index (κ3) is 4.79. The molecule has 1 atom stereocenters. The van der Waals surface area contributed by atoms with Gasteiger partial charge in [0.1, 0.15) is 5.82 Å². The summed E-state index contributed by atoms with van der Waals surface area (Å²) in [6.45, 7) is 0.0934. The van der Waals surface area contributed by atoms with Crippen molar-refractivity contribution in [2.75, 3.05) is 42.9 Å². The number of aliphatic hydroxyl groups excluding tert-OH is 1. The van der Waals surface area contributed by atoms with Crippen LogP contribution in [-0.4, -0.2) is 53.8 Å². The van der Waals surface area contributed by atoms with Gasteiger partial charge in [0.2, 0.25) is 5.95 Å². The van der Waals surface area contributed by atoms with Gasteiger partial charge in [0.15, 0.2) is 0 Å². The lowest BCUT2D eigenvalue weighted by molar-refractivity contribution is 0.272. The summed E-state index contributed by atoms with van der Waals surface area (Å²) in [5, 5.41) is 12.4. The lowest BCUT2D eigenvalue weighted by atomic mass is 10.2. The van der Waals surface area contributed by atoms with Crippen LogP contribution in [-0.2, 0) is 0 Å². The van der Waals surface area contributed by atoms with Crippen molar-refractivity contribution in [3.63, 3.8) is 0 Å². The van der Waals surface area contributed by atoms with Crippen LogP contribution in [0.2, 0.25) is 0 Å². The second kappa shape index (κ2) is 7.34. The highest BCUT2D eigenvalue weighted by Crippen LogP contribution is 2.11. The molecule has 0 aromatic carbocycles. The van der Waals surface area contributed by atoms with E-state index in [9.17, 15) is 5.11 Å². The van der Waals surface area contributed by atoms with E-state index in [4.69, 9.17) is 0 Å². The van der Waals surface area contributed by atoms with Gasteiger partial charge in [-0.05, 0) is 24.5 Å². The van der Waals surface area contributed by atoms with Gasteiger partial charge in [-0.25, -0.2) is 4.98 Å². The van der Waals surface area contributed by atoms with E-state index >= 15 is 0 Å². The minimum Gasteiger partial charge on any atom is -0.394 e. The average Bonchev–Trinajstić information content (AvgIpc) is 2.34. The van der Waals surface area contributed by atoms with Gasteiger partial charge in [0.25, 0.3) is 0 Å². The molecule has 0 aliphatic rings. The predicted octanol–water partition coefficient (Wildman–Crippen LogP) is 1.07. The molecule has 0 saturated carbocycles. The van der Waals surface area contributed by atoms with Crippen LogP contribution in [0.5, 0.6) is 0 Å². The Morgan fingerprint density at radius 3 is 2.88 bits per heavy atom. The van der Waals surface area contributed by atoms with Gasteiger partial charge >= 0.3 is 0 Å². The highest BCUT2D eigenvalue weighted by molar-refractivity contribution is 7.98. The zero-order valence-corrected chi connectivity index (χ0v) is 11.4. The Balaban J connectivity index is 2.62. The normalized spacial score (nSPS) is 12.2. The molecule has 1 rings (SSSR count). The standard InChI is InChI=1S/C11H20N4OS/c1-15(2)10-4-6-12-11(14-10)13-9(8-16)5-7-17-3/h4,6,9,16H,5,7-8H2,1-3H3,(H,12,13,14). The number of nitrogens with one attached hydrogen (secondary N) is 1. The van der Waals surface area contributed by atoms with E-state index in [0.29, 0.717) is 5.95 Å². The number of thioether (sulfide) groups is 1. The summed E-state index contributed by atoms with van der Waals surface area (Å²) in [5.74, 6) is 2.42. The fraction of sp³-hybridized carbons (Fsp3) is 0.636. The van der Waals surface area contributed by atoms with Crippen molar-refractivity contribution in [2.45, 2.75) is 12.5 Å². The first-order valence-electron chi connectivity index (χ1n) is 5.54. The average molecular weight is 256 g/mol. The molecule has 5 nitrogen and oxygen atoms in total. The first-order valence-corrected chi connectivity index (χ1v) is 6.93. The van der Waals surface area contributed by atoms with Gasteiger partial charge in [-0.2, -0.15) is 16.7 Å². The molecule has 2 N–H and O–H groups in total. The molecule has 1 heterocycles. The van der Waals surface area contributed by atoms with Crippen LogP contribution in [0.15, 0.2) is 12.3 Å². The molecule has 0 aliphatic carbocycles. The third-order valence-electron chi connectivity index (χ3n) is 2.32. The maximum atomic E-state index is 9.25. The van der Waals surface area contributed by atoms with Crippen molar-refractivity contribution >= 4 is 23.5 Å². The second-order valence-corrected chi connectivity index (χ2v) is 4.92. The Morgan fingerprint density at radius 1 is 1.53 bits per heavy atom. The number of aromatic nitrogens is 2. The van der Waals surface area contributed by atoms with Crippen molar-refractivity contribution in [1.29, 1.82) is 0 Å². The molecule has 0 aliphatic heterocycles. The van der Waals surface area contributed by atoms with E-state index in [1.807, 2.05) is 25.1 Å². The Labute approximate surface area is 107 Å². The Morgan fingerprint density at radius 2 is 2.29 bits per heavy atom. The van der Waals surface area contributed by atoms with E-state index in [1.54, 1.807) is 18.0 Å². The van der Waals surface area contributed by atoms with E-state index in [1.165, 1.54) is 0 Å². The summed E-state index contributed by atoms with van der Waals surface area (Å²) >= 11 is 1.76. The van der Waals surface area contributed by atoms with Crippen molar-refractivity contribution in [3.8, 4) is 0 Å². The van der Waals surface area contributed by atoms with Crippen molar-refractivity contribution in [2.24, 2.45) is 0 Å². The number of nitrogens with zero attached hydrogens (tertiary/aromatic N) is 3. The first-order chi connectivity index (χ1) is 8.17. The van der Waals surface area contributed by atoms with Gasteiger partial charge in [0.05, 0.1) is 12.6 Å². The maximum absolute atomic E-state index is 9.25. The van der Waals surface area contributed by atoms with E-state index in [2.05, 4.69) is 21.5 Å². The Bertz CT molecular complexity index is 335. The highest BCUT2D eigenvalue weighted by Gasteiger charge is 2.09. The van der Waals surface area contributed by atoms with Gasteiger partial charge in [-0.3, -0.25) is 0 Å². The SMILES string of the molecule is CSCCC(CO)Nc1nccc(N(C)C)n1. The Hall–Kier alpha value is -1.01. The number of hydrogen-bond acceptors (Lipinski definition) is 6. The van der Waals surface area contributed by atoms with Crippen molar-refractivity contribution < 1.29 is 5.11 Å². The third-order valence-corrected chi connectivity index (χ3v) is 2.97. The molecule has 0 radical (unpaired) electrons. The fourth-order valence-electron chi connectivity index (χ4n) is 1.32. The number of hydrogen-bond donors (Lipinski definition) is 2. The molecule has 0 bridgehead atoms. The molecule has 17 heavy (non-hydrogen) atoms. The minimum absolute atomic E-state index is 0.0138. The number of aliphatic hydroxyl groups is 1. The largest absolute Gasteiger partial charge is 0.394 e. The summed E-state index contributed by atoms with van der Waals surface area (Å²) in [4.78, 5) is 10.4. The predicted molar refractivity (Wildman–Crippen MR) is 73.9 cm³/mol. The molecule has 96 valence electrons.